The van der Waals surface area contributed by atoms with Crippen LogP contribution in [0.3, 0.4) is 0 Å². The molecule has 0 saturated heterocycles. The molecule has 0 bridgehead atoms. The largest absolute Gasteiger partial charge is 0.481 e. The summed E-state index contributed by atoms with van der Waals surface area (Å²) < 4.78 is 5.71. The standard InChI is InChI=1S/C27H32N2O5S/c30-25(28-13-14-35-17-26(31)32)15-18-7-1-6-12-24(18)29-27(33)34-16-23-21-10-4-2-8-19(21)20-9-3-5-11-22(20)23/h2-5,8-11,18,23-24H,1,6-7,12-17H2,(H,28,30)(H,29,33)(H,31,32)/t18-,24-/m0/s1. The molecule has 2 aliphatic rings. The Morgan fingerprint density at radius 1 is 0.971 bits per heavy atom. The summed E-state index contributed by atoms with van der Waals surface area (Å²) in [5, 5.41) is 14.6. The van der Waals surface area contributed by atoms with Gasteiger partial charge in [-0.1, -0.05) is 61.4 Å². The van der Waals surface area contributed by atoms with E-state index in [1.54, 1.807) is 0 Å². The predicted octanol–water partition coefficient (Wildman–Crippen LogP) is 4.41. The second-order valence-electron chi connectivity index (χ2n) is 9.12. The number of amides is 2. The van der Waals surface area contributed by atoms with Crippen LogP contribution in [0.2, 0.25) is 0 Å². The molecule has 2 aliphatic carbocycles. The first kappa shape index (κ1) is 25.1. The van der Waals surface area contributed by atoms with Crippen LogP contribution < -0.4 is 10.6 Å². The Hall–Kier alpha value is -3.00. The summed E-state index contributed by atoms with van der Waals surface area (Å²) in [4.78, 5) is 35.7. The highest BCUT2D eigenvalue weighted by atomic mass is 32.2. The Kier molecular flexibility index (Phi) is 8.69. The summed E-state index contributed by atoms with van der Waals surface area (Å²) >= 11 is 1.28. The maximum Gasteiger partial charge on any atom is 0.407 e. The minimum absolute atomic E-state index is 0.0140. The molecule has 3 N–H and O–H groups in total. The van der Waals surface area contributed by atoms with Crippen molar-refractivity contribution < 1.29 is 24.2 Å². The number of nitrogens with one attached hydrogen (secondary N) is 2. The number of carboxylic acids is 1. The van der Waals surface area contributed by atoms with Gasteiger partial charge in [0.2, 0.25) is 5.91 Å². The van der Waals surface area contributed by atoms with Crippen LogP contribution >= 0.6 is 11.8 Å². The first-order valence-corrected chi connectivity index (χ1v) is 13.4. The van der Waals surface area contributed by atoms with Gasteiger partial charge >= 0.3 is 12.1 Å². The molecule has 0 spiro atoms. The highest BCUT2D eigenvalue weighted by molar-refractivity contribution is 7.99. The second-order valence-corrected chi connectivity index (χ2v) is 10.2. The number of fused-ring (bicyclic) bond motifs is 3. The van der Waals surface area contributed by atoms with Crippen LogP contribution in [0.5, 0.6) is 0 Å². The van der Waals surface area contributed by atoms with Gasteiger partial charge in [0.05, 0.1) is 5.75 Å². The van der Waals surface area contributed by atoms with Gasteiger partial charge in [0.1, 0.15) is 6.61 Å². The first-order chi connectivity index (χ1) is 17.0. The zero-order valence-corrected chi connectivity index (χ0v) is 20.5. The Bertz CT molecular complexity index is 1010. The molecule has 0 radical (unpaired) electrons. The normalized spacial score (nSPS) is 18.9. The molecule has 1 fully saturated rings. The fourth-order valence-electron chi connectivity index (χ4n) is 5.17. The maximum atomic E-state index is 12.7. The van der Waals surface area contributed by atoms with Crippen molar-refractivity contribution in [3.8, 4) is 11.1 Å². The van der Waals surface area contributed by atoms with E-state index in [0.717, 1.165) is 25.7 Å². The molecule has 8 heteroatoms. The second kappa shape index (κ2) is 12.1. The van der Waals surface area contributed by atoms with E-state index in [0.29, 0.717) is 18.7 Å². The van der Waals surface area contributed by atoms with Crippen molar-refractivity contribution in [2.45, 2.75) is 44.1 Å². The molecule has 186 valence electrons. The number of rotatable bonds is 10. The Morgan fingerprint density at radius 2 is 1.63 bits per heavy atom. The number of carbonyl (C=O) groups excluding carboxylic acids is 2. The zero-order valence-electron chi connectivity index (χ0n) is 19.7. The molecule has 2 atom stereocenters. The number of benzene rings is 2. The summed E-state index contributed by atoms with van der Waals surface area (Å²) in [6.07, 6.45) is 3.67. The molecule has 35 heavy (non-hydrogen) atoms. The lowest BCUT2D eigenvalue weighted by Crippen LogP contribution is -2.44. The van der Waals surface area contributed by atoms with Crippen LogP contribution in [0.4, 0.5) is 4.79 Å². The van der Waals surface area contributed by atoms with Crippen molar-refractivity contribution >= 4 is 29.7 Å². The van der Waals surface area contributed by atoms with E-state index >= 15 is 0 Å². The van der Waals surface area contributed by atoms with Crippen LogP contribution in [-0.4, -0.2) is 53.8 Å². The number of alkyl carbamates (subject to hydrolysis) is 1. The molecule has 2 aromatic carbocycles. The maximum absolute atomic E-state index is 12.7. The van der Waals surface area contributed by atoms with Crippen molar-refractivity contribution in [3.63, 3.8) is 0 Å². The van der Waals surface area contributed by atoms with Crippen LogP contribution in [-0.2, 0) is 14.3 Å². The van der Waals surface area contributed by atoms with Crippen LogP contribution in [0.15, 0.2) is 48.5 Å². The van der Waals surface area contributed by atoms with Crippen molar-refractivity contribution in [1.82, 2.24) is 10.6 Å². The minimum Gasteiger partial charge on any atom is -0.481 e. The van der Waals surface area contributed by atoms with Crippen molar-refractivity contribution in [1.29, 1.82) is 0 Å². The third-order valence-electron chi connectivity index (χ3n) is 6.80. The lowest BCUT2D eigenvalue weighted by Gasteiger charge is -2.31. The average Bonchev–Trinajstić information content (AvgIpc) is 3.17. The van der Waals surface area contributed by atoms with E-state index in [9.17, 15) is 14.4 Å². The van der Waals surface area contributed by atoms with Gasteiger partial charge in [-0.15, -0.1) is 11.8 Å². The molecule has 2 amide bonds. The van der Waals surface area contributed by atoms with Gasteiger partial charge in [-0.2, -0.15) is 0 Å². The summed E-state index contributed by atoms with van der Waals surface area (Å²) in [5.41, 5.74) is 4.74. The molecule has 1 saturated carbocycles. The summed E-state index contributed by atoms with van der Waals surface area (Å²) in [6.45, 7) is 0.708. The third kappa shape index (κ3) is 6.57. The molecule has 0 heterocycles. The Labute approximate surface area is 210 Å². The van der Waals surface area contributed by atoms with E-state index in [2.05, 4.69) is 34.9 Å². The number of hydrogen-bond acceptors (Lipinski definition) is 5. The summed E-state index contributed by atoms with van der Waals surface area (Å²) in [6, 6.07) is 16.4. The SMILES string of the molecule is O=C(O)CSCCNC(=O)C[C@@H]1CCCC[C@@H]1NC(=O)OCC1c2ccccc2-c2ccccc21. The molecular weight excluding hydrogens is 464 g/mol. The average molecular weight is 497 g/mol. The molecule has 0 aromatic heterocycles. The smallest absolute Gasteiger partial charge is 0.407 e. The lowest BCUT2D eigenvalue weighted by molar-refractivity contribution is -0.133. The molecule has 4 rings (SSSR count). The first-order valence-electron chi connectivity index (χ1n) is 12.2. The fraction of sp³-hybridized carbons (Fsp3) is 0.444. The number of thioether (sulfide) groups is 1. The van der Waals surface area contributed by atoms with Gasteiger partial charge in [0.15, 0.2) is 0 Å². The summed E-state index contributed by atoms with van der Waals surface area (Å²) in [7, 11) is 0. The number of carbonyl (C=O) groups is 3. The van der Waals surface area contributed by atoms with Crippen LogP contribution in [0, 0.1) is 5.92 Å². The number of ether oxygens (including phenoxy) is 1. The number of hydrogen-bond donors (Lipinski definition) is 3. The van der Waals surface area contributed by atoms with Crippen molar-refractivity contribution in [3.05, 3.63) is 59.7 Å². The highest BCUT2D eigenvalue weighted by Gasteiger charge is 2.31. The molecule has 0 aliphatic heterocycles. The minimum atomic E-state index is -0.856. The highest BCUT2D eigenvalue weighted by Crippen LogP contribution is 2.44. The van der Waals surface area contributed by atoms with Gasteiger partial charge in [0, 0.05) is 30.7 Å². The molecular formula is C27H32N2O5S. The molecule has 0 unspecified atom stereocenters. The quantitative estimate of drug-likeness (QED) is 0.421. The monoisotopic (exact) mass is 496 g/mol. The van der Waals surface area contributed by atoms with E-state index < -0.39 is 12.1 Å². The molecule has 7 nitrogen and oxygen atoms in total. The van der Waals surface area contributed by atoms with Gasteiger partial charge < -0.3 is 20.5 Å². The Balaban J connectivity index is 1.27. The number of carboxylic acid groups (broad SMARTS) is 1. The van der Waals surface area contributed by atoms with Gasteiger partial charge in [-0.05, 0) is 41.0 Å². The van der Waals surface area contributed by atoms with Crippen molar-refractivity contribution in [2.24, 2.45) is 5.92 Å². The topological polar surface area (TPSA) is 105 Å². The predicted molar refractivity (Wildman–Crippen MR) is 137 cm³/mol. The van der Waals surface area contributed by atoms with Gasteiger partial charge in [-0.3, -0.25) is 9.59 Å². The van der Waals surface area contributed by atoms with E-state index in [4.69, 9.17) is 9.84 Å². The lowest BCUT2D eigenvalue weighted by atomic mass is 9.82. The van der Waals surface area contributed by atoms with Gasteiger partial charge in [0.25, 0.3) is 0 Å². The fourth-order valence-corrected chi connectivity index (χ4v) is 5.73. The van der Waals surface area contributed by atoms with E-state index in [-0.39, 0.29) is 36.1 Å². The van der Waals surface area contributed by atoms with E-state index in [1.165, 1.54) is 34.0 Å². The zero-order chi connectivity index (χ0) is 24.6. The van der Waals surface area contributed by atoms with Crippen LogP contribution in [0.25, 0.3) is 11.1 Å². The number of aliphatic carboxylic acids is 1. The Morgan fingerprint density at radius 3 is 2.31 bits per heavy atom. The van der Waals surface area contributed by atoms with Crippen LogP contribution in [0.1, 0.15) is 49.1 Å². The third-order valence-corrected chi connectivity index (χ3v) is 7.74. The molecule has 2 aromatic rings. The summed E-state index contributed by atoms with van der Waals surface area (Å²) in [5.74, 6) is -0.247. The van der Waals surface area contributed by atoms with Gasteiger partial charge in [-0.25, -0.2) is 4.79 Å². The van der Waals surface area contributed by atoms with Crippen molar-refractivity contribution in [2.75, 3.05) is 24.7 Å². The van der Waals surface area contributed by atoms with E-state index in [1.807, 2.05) is 24.3 Å².